The van der Waals surface area contributed by atoms with Gasteiger partial charge in [-0.3, -0.25) is 19.2 Å². The van der Waals surface area contributed by atoms with E-state index in [0.29, 0.717) is 12.2 Å². The third-order valence-electron chi connectivity index (χ3n) is 6.65. The first-order chi connectivity index (χ1) is 15.5. The second kappa shape index (κ2) is 8.20. The van der Waals surface area contributed by atoms with Crippen molar-refractivity contribution in [3.63, 3.8) is 0 Å². The van der Waals surface area contributed by atoms with Crippen molar-refractivity contribution in [2.45, 2.75) is 64.1 Å². The fourth-order valence-electron chi connectivity index (χ4n) is 4.81. The van der Waals surface area contributed by atoms with Crippen molar-refractivity contribution < 1.29 is 9.59 Å². The molecule has 1 unspecified atom stereocenters. The van der Waals surface area contributed by atoms with E-state index in [1.54, 1.807) is 20.9 Å². The van der Waals surface area contributed by atoms with Crippen LogP contribution in [0, 0.1) is 6.92 Å². The zero-order chi connectivity index (χ0) is 22.3. The standard InChI is InChI=1S/C25H28N4O2S/c1-17-10-12-19(13-11-17)29-23(30)21-15-20(22-9-6-14-32-22)27-28(21)16-25(29,2)24(31)26-18-7-4-3-5-8-18/h6,9-15,18H,3-5,7-8,16H2,1-2H3,(H,26,31). The van der Waals surface area contributed by atoms with Gasteiger partial charge in [-0.25, -0.2) is 0 Å². The van der Waals surface area contributed by atoms with Crippen molar-refractivity contribution in [1.29, 1.82) is 0 Å². The van der Waals surface area contributed by atoms with E-state index < -0.39 is 5.54 Å². The fourth-order valence-corrected chi connectivity index (χ4v) is 5.49. The molecule has 1 N–H and O–H groups in total. The van der Waals surface area contributed by atoms with E-state index in [9.17, 15) is 9.59 Å². The molecule has 7 heteroatoms. The zero-order valence-electron chi connectivity index (χ0n) is 18.5. The number of nitrogens with one attached hydrogen (secondary N) is 1. The number of rotatable bonds is 4. The van der Waals surface area contributed by atoms with E-state index in [0.717, 1.165) is 47.5 Å². The first-order valence-electron chi connectivity index (χ1n) is 11.3. The Balaban J connectivity index is 1.55. The third-order valence-corrected chi connectivity index (χ3v) is 7.54. The molecule has 0 radical (unpaired) electrons. The molecule has 1 fully saturated rings. The summed E-state index contributed by atoms with van der Waals surface area (Å²) in [7, 11) is 0. The van der Waals surface area contributed by atoms with Gasteiger partial charge in [-0.2, -0.15) is 5.10 Å². The van der Waals surface area contributed by atoms with Crippen molar-refractivity contribution in [3.8, 4) is 10.6 Å². The zero-order valence-corrected chi connectivity index (χ0v) is 19.3. The summed E-state index contributed by atoms with van der Waals surface area (Å²) in [6, 6.07) is 13.8. The van der Waals surface area contributed by atoms with E-state index in [1.807, 2.05) is 61.7 Å². The first kappa shape index (κ1) is 20.9. The lowest BCUT2D eigenvalue weighted by Gasteiger charge is -2.44. The number of aryl methyl sites for hydroxylation is 1. The van der Waals surface area contributed by atoms with Gasteiger partial charge >= 0.3 is 0 Å². The summed E-state index contributed by atoms with van der Waals surface area (Å²) in [4.78, 5) is 30.1. The number of carbonyl (C=O) groups excluding carboxylic acids is 2. The van der Waals surface area contributed by atoms with Crippen molar-refractivity contribution in [2.75, 3.05) is 4.90 Å². The molecule has 0 bridgehead atoms. The Morgan fingerprint density at radius 2 is 1.91 bits per heavy atom. The number of carbonyl (C=O) groups is 2. The summed E-state index contributed by atoms with van der Waals surface area (Å²) in [6.07, 6.45) is 5.48. The van der Waals surface area contributed by atoms with Crippen molar-refractivity contribution in [2.24, 2.45) is 0 Å². The summed E-state index contributed by atoms with van der Waals surface area (Å²) in [5, 5.41) is 9.96. The second-order valence-electron chi connectivity index (χ2n) is 9.11. The minimum atomic E-state index is -1.07. The number of fused-ring (bicyclic) bond motifs is 1. The summed E-state index contributed by atoms with van der Waals surface area (Å²) in [5.74, 6) is -0.311. The van der Waals surface area contributed by atoms with Crippen LogP contribution >= 0.6 is 11.3 Å². The molecule has 0 saturated heterocycles. The average Bonchev–Trinajstić information content (AvgIpc) is 3.46. The number of nitrogens with zero attached hydrogens (tertiary/aromatic N) is 3. The number of hydrogen-bond donors (Lipinski definition) is 1. The number of benzene rings is 1. The predicted octanol–water partition coefficient (Wildman–Crippen LogP) is 4.79. The van der Waals surface area contributed by atoms with Crippen LogP contribution in [0.3, 0.4) is 0 Å². The maximum absolute atomic E-state index is 13.8. The SMILES string of the molecule is Cc1ccc(N2C(=O)c3cc(-c4cccs4)nn3CC2(C)C(=O)NC2CCCCC2)cc1. The van der Waals surface area contributed by atoms with Crippen LogP contribution in [-0.2, 0) is 11.3 Å². The lowest BCUT2D eigenvalue weighted by atomic mass is 9.91. The van der Waals surface area contributed by atoms with Gasteiger partial charge < -0.3 is 5.32 Å². The van der Waals surface area contributed by atoms with Gasteiger partial charge in [0.2, 0.25) is 5.91 Å². The van der Waals surface area contributed by atoms with Gasteiger partial charge in [-0.15, -0.1) is 11.3 Å². The molecule has 2 aliphatic rings. The molecule has 1 saturated carbocycles. The molecule has 5 rings (SSSR count). The molecule has 1 aromatic carbocycles. The molecule has 1 aliphatic carbocycles. The molecule has 32 heavy (non-hydrogen) atoms. The minimum Gasteiger partial charge on any atom is -0.351 e. The van der Waals surface area contributed by atoms with Gasteiger partial charge in [0.15, 0.2) is 0 Å². The van der Waals surface area contributed by atoms with Crippen LogP contribution in [0.1, 0.15) is 55.1 Å². The van der Waals surface area contributed by atoms with Gasteiger partial charge in [-0.05, 0) is 56.3 Å². The fraction of sp³-hybridized carbons (Fsp3) is 0.400. The molecule has 6 nitrogen and oxygen atoms in total. The number of hydrogen-bond acceptors (Lipinski definition) is 4. The van der Waals surface area contributed by atoms with Crippen molar-refractivity contribution in [1.82, 2.24) is 15.1 Å². The third kappa shape index (κ3) is 3.64. The lowest BCUT2D eigenvalue weighted by Crippen LogP contribution is -2.65. The van der Waals surface area contributed by atoms with Crippen molar-refractivity contribution in [3.05, 3.63) is 59.1 Å². The lowest BCUT2D eigenvalue weighted by molar-refractivity contribution is -0.127. The van der Waals surface area contributed by atoms with Crippen LogP contribution in [0.5, 0.6) is 0 Å². The first-order valence-corrected chi connectivity index (χ1v) is 12.2. The van der Waals surface area contributed by atoms with E-state index in [2.05, 4.69) is 5.32 Å². The van der Waals surface area contributed by atoms with Gasteiger partial charge in [0, 0.05) is 11.7 Å². The Bertz CT molecular complexity index is 1130. The molecule has 3 aromatic rings. The van der Waals surface area contributed by atoms with Crippen LogP contribution in [-0.4, -0.2) is 33.2 Å². The molecular formula is C25H28N4O2S. The smallest absolute Gasteiger partial charge is 0.277 e. The number of thiophene rings is 1. The molecule has 1 aliphatic heterocycles. The molecule has 2 aromatic heterocycles. The van der Waals surface area contributed by atoms with Crippen molar-refractivity contribution >= 4 is 28.8 Å². The Morgan fingerprint density at radius 3 is 2.59 bits per heavy atom. The normalized spacial score (nSPS) is 21.4. The molecule has 3 heterocycles. The molecule has 0 spiro atoms. The maximum atomic E-state index is 13.8. The topological polar surface area (TPSA) is 67.2 Å². The Hall–Kier alpha value is -2.93. The van der Waals surface area contributed by atoms with Crippen LogP contribution < -0.4 is 10.2 Å². The molecule has 2 amide bonds. The Labute approximate surface area is 192 Å². The van der Waals surface area contributed by atoms with E-state index in [4.69, 9.17) is 5.10 Å². The van der Waals surface area contributed by atoms with Crippen LogP contribution in [0.4, 0.5) is 5.69 Å². The van der Waals surface area contributed by atoms with Gasteiger partial charge in [0.05, 0.1) is 11.4 Å². The van der Waals surface area contributed by atoms with E-state index in [-0.39, 0.29) is 17.9 Å². The van der Waals surface area contributed by atoms with Gasteiger partial charge in [-0.1, -0.05) is 43.0 Å². The largest absolute Gasteiger partial charge is 0.351 e. The van der Waals surface area contributed by atoms with Crippen LogP contribution in [0.15, 0.2) is 47.8 Å². The number of aromatic nitrogens is 2. The highest BCUT2D eigenvalue weighted by Gasteiger charge is 2.49. The van der Waals surface area contributed by atoms with Gasteiger partial charge in [0.1, 0.15) is 16.9 Å². The van der Waals surface area contributed by atoms with E-state index >= 15 is 0 Å². The molecular weight excluding hydrogens is 420 g/mol. The summed E-state index contributed by atoms with van der Waals surface area (Å²) in [6.45, 7) is 4.18. The summed E-state index contributed by atoms with van der Waals surface area (Å²) in [5.41, 5.74) is 2.04. The summed E-state index contributed by atoms with van der Waals surface area (Å²) < 4.78 is 1.71. The van der Waals surface area contributed by atoms with E-state index in [1.165, 1.54) is 6.42 Å². The highest BCUT2D eigenvalue weighted by atomic mass is 32.1. The molecule has 166 valence electrons. The number of anilines is 1. The molecule has 1 atom stereocenters. The maximum Gasteiger partial charge on any atom is 0.277 e. The Kier molecular flexibility index (Phi) is 5.37. The van der Waals surface area contributed by atoms with Gasteiger partial charge in [0.25, 0.3) is 5.91 Å². The van der Waals surface area contributed by atoms with Crippen LogP contribution in [0.25, 0.3) is 10.6 Å². The predicted molar refractivity (Wildman–Crippen MR) is 127 cm³/mol. The Morgan fingerprint density at radius 1 is 1.16 bits per heavy atom. The highest BCUT2D eigenvalue weighted by molar-refractivity contribution is 7.13. The minimum absolute atomic E-state index is 0.114. The summed E-state index contributed by atoms with van der Waals surface area (Å²) >= 11 is 1.59. The second-order valence-corrected chi connectivity index (χ2v) is 10.1. The monoisotopic (exact) mass is 448 g/mol. The van der Waals surface area contributed by atoms with Crippen LogP contribution in [0.2, 0.25) is 0 Å². The quantitative estimate of drug-likeness (QED) is 0.624. The number of amides is 2. The highest BCUT2D eigenvalue weighted by Crippen LogP contribution is 2.35. The average molecular weight is 449 g/mol.